The highest BCUT2D eigenvalue weighted by Gasteiger charge is 2.30. The Kier molecular flexibility index (Phi) is 7.36. The lowest BCUT2D eigenvalue weighted by Crippen LogP contribution is -2.30. The quantitative estimate of drug-likeness (QED) is 0.397. The van der Waals surface area contributed by atoms with Crippen LogP contribution in [0.15, 0.2) is 65.6 Å². The fourth-order valence-electron chi connectivity index (χ4n) is 3.10. The van der Waals surface area contributed by atoms with Crippen molar-refractivity contribution in [1.82, 2.24) is 9.88 Å². The van der Waals surface area contributed by atoms with Crippen molar-refractivity contribution >= 4 is 38.9 Å². The van der Waals surface area contributed by atoms with Gasteiger partial charge in [0.1, 0.15) is 10.3 Å². The van der Waals surface area contributed by atoms with Crippen LogP contribution in [0.5, 0.6) is 0 Å². The van der Waals surface area contributed by atoms with E-state index in [1.807, 2.05) is 0 Å². The molecule has 1 amide bonds. The molecule has 1 heterocycles. The maximum absolute atomic E-state index is 13.2. The van der Waals surface area contributed by atoms with Crippen LogP contribution in [-0.4, -0.2) is 30.5 Å². The first-order chi connectivity index (χ1) is 15.3. The maximum Gasteiger partial charge on any atom is 0.416 e. The van der Waals surface area contributed by atoms with E-state index in [0.717, 1.165) is 18.4 Å². The van der Waals surface area contributed by atoms with Gasteiger partial charge in [-0.1, -0.05) is 47.5 Å². The van der Waals surface area contributed by atoms with Gasteiger partial charge in [0.15, 0.2) is 9.84 Å². The second-order valence-electron chi connectivity index (χ2n) is 7.28. The summed E-state index contributed by atoms with van der Waals surface area (Å²) in [4.78, 5) is 18.4. The van der Waals surface area contributed by atoms with Gasteiger partial charge in [-0.05, 0) is 47.5 Å². The van der Waals surface area contributed by atoms with E-state index in [-0.39, 0.29) is 39.4 Å². The summed E-state index contributed by atoms with van der Waals surface area (Å²) in [6, 6.07) is 13.2. The number of sulfone groups is 1. The molecule has 0 bridgehead atoms. The minimum atomic E-state index is -4.53. The van der Waals surface area contributed by atoms with Crippen LogP contribution < -0.4 is 0 Å². The number of halogens is 5. The zero-order valence-electron chi connectivity index (χ0n) is 17.1. The van der Waals surface area contributed by atoms with Gasteiger partial charge in [-0.15, -0.1) is 0 Å². The molecular formula is C22H17Cl2F3N2O3S. The standard InChI is InChI=1S/C22H17Cl2F3N2O3S/c1-33(31,32)18-7-5-14(6-8-18)12-29(21(30)16-10-19(23)28-20(24)11-16)13-15-3-2-4-17(9-15)22(25,26)27/h2-11H,12-13H2,1H3. The van der Waals surface area contributed by atoms with E-state index in [1.165, 1.54) is 53.4 Å². The normalized spacial score (nSPS) is 11.9. The largest absolute Gasteiger partial charge is 0.416 e. The summed E-state index contributed by atoms with van der Waals surface area (Å²) in [6.45, 7) is -0.148. The first-order valence-electron chi connectivity index (χ1n) is 9.40. The summed E-state index contributed by atoms with van der Waals surface area (Å²) in [5.74, 6) is -0.536. The fraction of sp³-hybridized carbons (Fsp3) is 0.182. The molecule has 11 heteroatoms. The summed E-state index contributed by atoms with van der Waals surface area (Å²) in [6.07, 6.45) is -3.46. The van der Waals surface area contributed by atoms with Crippen molar-refractivity contribution < 1.29 is 26.4 Å². The van der Waals surface area contributed by atoms with Gasteiger partial charge < -0.3 is 4.90 Å². The van der Waals surface area contributed by atoms with Crippen LogP contribution >= 0.6 is 23.2 Å². The lowest BCUT2D eigenvalue weighted by atomic mass is 10.1. The summed E-state index contributed by atoms with van der Waals surface area (Å²) in [7, 11) is -3.41. The molecule has 0 N–H and O–H groups in total. The van der Waals surface area contributed by atoms with Gasteiger partial charge in [-0.3, -0.25) is 4.79 Å². The lowest BCUT2D eigenvalue weighted by Gasteiger charge is -2.24. The molecule has 0 unspecified atom stereocenters. The lowest BCUT2D eigenvalue weighted by molar-refractivity contribution is -0.137. The number of carbonyl (C=O) groups is 1. The highest BCUT2D eigenvalue weighted by molar-refractivity contribution is 7.90. The molecule has 3 rings (SSSR count). The first kappa shape index (κ1) is 25.0. The van der Waals surface area contributed by atoms with Crippen LogP contribution in [0.4, 0.5) is 13.2 Å². The summed E-state index contributed by atoms with van der Waals surface area (Å²) in [5, 5.41) is -0.0234. The number of alkyl halides is 3. The van der Waals surface area contributed by atoms with Crippen molar-refractivity contribution in [2.45, 2.75) is 24.2 Å². The molecule has 0 aliphatic rings. The zero-order valence-corrected chi connectivity index (χ0v) is 19.4. The van der Waals surface area contributed by atoms with Crippen LogP contribution in [0.1, 0.15) is 27.0 Å². The van der Waals surface area contributed by atoms with Crippen LogP contribution in [-0.2, 0) is 29.1 Å². The number of benzene rings is 2. The van der Waals surface area contributed by atoms with E-state index in [4.69, 9.17) is 23.2 Å². The Morgan fingerprint density at radius 1 is 0.939 bits per heavy atom. The predicted molar refractivity (Wildman–Crippen MR) is 119 cm³/mol. The van der Waals surface area contributed by atoms with Crippen LogP contribution in [0, 0.1) is 0 Å². The second-order valence-corrected chi connectivity index (χ2v) is 10.1. The van der Waals surface area contributed by atoms with Crippen molar-refractivity contribution in [2.75, 3.05) is 6.26 Å². The van der Waals surface area contributed by atoms with Gasteiger partial charge >= 0.3 is 6.18 Å². The Balaban J connectivity index is 1.96. The Hall–Kier alpha value is -2.62. The third-order valence-electron chi connectivity index (χ3n) is 4.65. The SMILES string of the molecule is CS(=O)(=O)c1ccc(CN(Cc2cccc(C(F)(F)F)c2)C(=O)c2cc(Cl)nc(Cl)c2)cc1. The van der Waals surface area contributed by atoms with Gasteiger partial charge in [0.25, 0.3) is 5.91 Å². The molecule has 174 valence electrons. The van der Waals surface area contributed by atoms with E-state index in [1.54, 1.807) is 0 Å². The second kappa shape index (κ2) is 9.70. The number of nitrogens with zero attached hydrogens (tertiary/aromatic N) is 2. The molecule has 0 aliphatic carbocycles. The molecule has 0 fully saturated rings. The minimum Gasteiger partial charge on any atom is -0.330 e. The van der Waals surface area contributed by atoms with Crippen LogP contribution in [0.2, 0.25) is 10.3 Å². The molecule has 0 atom stereocenters. The van der Waals surface area contributed by atoms with Gasteiger partial charge in [0.05, 0.1) is 10.5 Å². The number of carbonyl (C=O) groups excluding carboxylic acids is 1. The van der Waals surface area contributed by atoms with Crippen LogP contribution in [0.25, 0.3) is 0 Å². The number of pyridine rings is 1. The smallest absolute Gasteiger partial charge is 0.330 e. The number of hydrogen-bond acceptors (Lipinski definition) is 4. The Labute approximate surface area is 198 Å². The van der Waals surface area contributed by atoms with Crippen molar-refractivity contribution in [2.24, 2.45) is 0 Å². The van der Waals surface area contributed by atoms with Crippen LogP contribution in [0.3, 0.4) is 0 Å². The molecule has 0 saturated carbocycles. The molecule has 3 aromatic rings. The number of hydrogen-bond donors (Lipinski definition) is 0. The highest BCUT2D eigenvalue weighted by atomic mass is 35.5. The fourth-order valence-corrected chi connectivity index (χ4v) is 4.19. The van der Waals surface area contributed by atoms with E-state index in [9.17, 15) is 26.4 Å². The molecule has 0 radical (unpaired) electrons. The molecular weight excluding hydrogens is 500 g/mol. The zero-order chi connectivity index (χ0) is 24.4. The Bertz CT molecular complexity index is 1260. The molecule has 33 heavy (non-hydrogen) atoms. The van der Waals surface area contributed by atoms with Crippen molar-refractivity contribution in [3.63, 3.8) is 0 Å². The summed E-state index contributed by atoms with van der Waals surface area (Å²) < 4.78 is 62.8. The third-order valence-corrected chi connectivity index (χ3v) is 6.17. The molecule has 2 aromatic carbocycles. The van der Waals surface area contributed by atoms with Gasteiger partial charge in [0, 0.05) is 24.9 Å². The van der Waals surface area contributed by atoms with E-state index < -0.39 is 27.5 Å². The van der Waals surface area contributed by atoms with Crippen molar-refractivity contribution in [1.29, 1.82) is 0 Å². The average molecular weight is 517 g/mol. The number of aromatic nitrogens is 1. The Morgan fingerprint density at radius 3 is 2.06 bits per heavy atom. The topological polar surface area (TPSA) is 67.3 Å². The molecule has 0 saturated heterocycles. The average Bonchev–Trinajstić information content (AvgIpc) is 2.71. The van der Waals surface area contributed by atoms with Crippen molar-refractivity contribution in [3.05, 3.63) is 93.2 Å². The van der Waals surface area contributed by atoms with E-state index in [2.05, 4.69) is 4.98 Å². The number of rotatable bonds is 6. The third kappa shape index (κ3) is 6.69. The first-order valence-corrected chi connectivity index (χ1v) is 12.0. The van der Waals surface area contributed by atoms with Crippen molar-refractivity contribution in [3.8, 4) is 0 Å². The molecule has 0 spiro atoms. The van der Waals surface area contributed by atoms with Gasteiger partial charge in [0.2, 0.25) is 0 Å². The molecule has 1 aromatic heterocycles. The number of amides is 1. The maximum atomic E-state index is 13.2. The summed E-state index contributed by atoms with van der Waals surface area (Å²) in [5.41, 5.74) is 0.116. The van der Waals surface area contributed by atoms with E-state index in [0.29, 0.717) is 5.56 Å². The Morgan fingerprint density at radius 2 is 1.52 bits per heavy atom. The monoisotopic (exact) mass is 516 g/mol. The highest BCUT2D eigenvalue weighted by Crippen LogP contribution is 2.30. The minimum absolute atomic E-state index is 0.00329. The van der Waals surface area contributed by atoms with Gasteiger partial charge in [-0.25, -0.2) is 13.4 Å². The van der Waals surface area contributed by atoms with Gasteiger partial charge in [-0.2, -0.15) is 13.2 Å². The summed E-state index contributed by atoms with van der Waals surface area (Å²) >= 11 is 11.8. The molecule has 5 nitrogen and oxygen atoms in total. The van der Waals surface area contributed by atoms with E-state index >= 15 is 0 Å². The molecule has 0 aliphatic heterocycles. The predicted octanol–water partition coefficient (Wildman–Crippen LogP) is 5.65.